The molecule has 1 aliphatic rings. The first kappa shape index (κ1) is 19.6. The van der Waals surface area contributed by atoms with Gasteiger partial charge in [0.05, 0.1) is 11.7 Å². The molecule has 2 rings (SSSR count). The van der Waals surface area contributed by atoms with Gasteiger partial charge in [0.1, 0.15) is 0 Å². The molecule has 1 N–H and O–H groups in total. The van der Waals surface area contributed by atoms with Crippen molar-refractivity contribution in [1.29, 1.82) is 0 Å². The van der Waals surface area contributed by atoms with Gasteiger partial charge < -0.3 is 9.84 Å². The summed E-state index contributed by atoms with van der Waals surface area (Å²) in [6, 6.07) is 8.77. The zero-order valence-electron chi connectivity index (χ0n) is 15.5. The number of carbonyl (C=O) groups excluding carboxylic acids is 2. The highest BCUT2D eigenvalue weighted by atomic mass is 16.5. The summed E-state index contributed by atoms with van der Waals surface area (Å²) in [6.45, 7) is 5.51. The van der Waals surface area contributed by atoms with E-state index in [1.54, 1.807) is 31.2 Å². The normalized spacial score (nSPS) is 19.2. The third-order valence-electron chi connectivity index (χ3n) is 5.25. The Balaban J connectivity index is 2.17. The predicted octanol–water partition coefficient (Wildman–Crippen LogP) is 4.01. The van der Waals surface area contributed by atoms with Crippen LogP contribution in [0, 0.1) is 17.8 Å². The Morgan fingerprint density at radius 1 is 1.04 bits per heavy atom. The number of esters is 1. The van der Waals surface area contributed by atoms with Crippen molar-refractivity contribution in [3.05, 3.63) is 35.9 Å². The first-order valence-electron chi connectivity index (χ1n) is 9.39. The molecule has 0 aliphatic heterocycles. The molecule has 1 aromatic rings. The Morgan fingerprint density at radius 2 is 1.64 bits per heavy atom. The number of aliphatic hydroxyl groups excluding tert-OH is 1. The SMILES string of the molecule is CC(C)[C@H](O)[C@@H](C)C(=O)[C@@H](OC(=O)c1ccccc1)C1CCCCC1. The van der Waals surface area contributed by atoms with Crippen LogP contribution in [0.3, 0.4) is 0 Å². The highest BCUT2D eigenvalue weighted by Gasteiger charge is 2.38. The summed E-state index contributed by atoms with van der Waals surface area (Å²) in [7, 11) is 0. The molecule has 138 valence electrons. The molecule has 1 aliphatic carbocycles. The maximum atomic E-state index is 13.0. The number of aliphatic hydroxyl groups is 1. The molecule has 1 aromatic carbocycles. The number of rotatable bonds is 7. The maximum absolute atomic E-state index is 13.0. The molecule has 1 saturated carbocycles. The molecule has 4 heteroatoms. The lowest BCUT2D eigenvalue weighted by Crippen LogP contribution is -2.43. The molecule has 0 unspecified atom stereocenters. The Kier molecular flexibility index (Phi) is 7.18. The van der Waals surface area contributed by atoms with Crippen LogP contribution in [-0.2, 0) is 9.53 Å². The summed E-state index contributed by atoms with van der Waals surface area (Å²) in [5.41, 5.74) is 0.452. The third-order valence-corrected chi connectivity index (χ3v) is 5.25. The molecular weight excluding hydrogens is 316 g/mol. The van der Waals surface area contributed by atoms with Gasteiger partial charge in [0.15, 0.2) is 11.9 Å². The minimum Gasteiger partial charge on any atom is -0.450 e. The molecule has 25 heavy (non-hydrogen) atoms. The van der Waals surface area contributed by atoms with E-state index in [0.29, 0.717) is 5.56 Å². The highest BCUT2D eigenvalue weighted by Crippen LogP contribution is 2.31. The molecule has 0 amide bonds. The number of Topliss-reactive ketones (excluding diaryl/α,β-unsaturated/α-hetero) is 1. The zero-order valence-corrected chi connectivity index (χ0v) is 15.5. The summed E-state index contributed by atoms with van der Waals surface area (Å²) < 4.78 is 5.69. The van der Waals surface area contributed by atoms with Crippen LogP contribution in [0.4, 0.5) is 0 Å². The third kappa shape index (κ3) is 5.15. The van der Waals surface area contributed by atoms with E-state index in [2.05, 4.69) is 0 Å². The Bertz CT molecular complexity index is 561. The summed E-state index contributed by atoms with van der Waals surface area (Å²) in [4.78, 5) is 25.5. The number of carbonyl (C=O) groups is 2. The maximum Gasteiger partial charge on any atom is 0.338 e. The molecule has 0 saturated heterocycles. The van der Waals surface area contributed by atoms with E-state index >= 15 is 0 Å². The standard InChI is InChI=1S/C21H30O4/c1-14(2)18(22)15(3)19(23)20(16-10-6-4-7-11-16)25-21(24)17-12-8-5-9-13-17/h5,8-9,12-16,18,20,22H,4,6-7,10-11H2,1-3H3/t15-,18+,20+/m1/s1. The largest absolute Gasteiger partial charge is 0.450 e. The van der Waals surface area contributed by atoms with Crippen LogP contribution < -0.4 is 0 Å². The van der Waals surface area contributed by atoms with E-state index in [1.807, 2.05) is 19.9 Å². The molecule has 0 bridgehead atoms. The molecular formula is C21H30O4. The lowest BCUT2D eigenvalue weighted by atomic mass is 9.79. The van der Waals surface area contributed by atoms with Gasteiger partial charge in [-0.05, 0) is 30.9 Å². The van der Waals surface area contributed by atoms with Crippen molar-refractivity contribution in [2.75, 3.05) is 0 Å². The minimum absolute atomic E-state index is 0.0178. The lowest BCUT2D eigenvalue weighted by molar-refractivity contribution is -0.139. The number of hydrogen-bond donors (Lipinski definition) is 1. The van der Waals surface area contributed by atoms with E-state index in [9.17, 15) is 14.7 Å². The van der Waals surface area contributed by atoms with Crippen molar-refractivity contribution < 1.29 is 19.4 Å². The van der Waals surface area contributed by atoms with E-state index < -0.39 is 24.1 Å². The summed E-state index contributed by atoms with van der Waals surface area (Å²) in [5, 5.41) is 10.3. The van der Waals surface area contributed by atoms with Crippen LogP contribution in [0.1, 0.15) is 63.2 Å². The van der Waals surface area contributed by atoms with E-state index in [-0.39, 0.29) is 17.6 Å². The second-order valence-electron chi connectivity index (χ2n) is 7.52. The van der Waals surface area contributed by atoms with Crippen LogP contribution in [0.5, 0.6) is 0 Å². The van der Waals surface area contributed by atoms with Gasteiger partial charge in [-0.3, -0.25) is 4.79 Å². The first-order valence-corrected chi connectivity index (χ1v) is 9.39. The fourth-order valence-corrected chi connectivity index (χ4v) is 3.59. The van der Waals surface area contributed by atoms with Crippen LogP contribution >= 0.6 is 0 Å². The lowest BCUT2D eigenvalue weighted by Gasteiger charge is -2.32. The highest BCUT2D eigenvalue weighted by molar-refractivity contribution is 5.93. The van der Waals surface area contributed by atoms with Gasteiger partial charge in [0.2, 0.25) is 0 Å². The van der Waals surface area contributed by atoms with Gasteiger partial charge in [-0.2, -0.15) is 0 Å². The second kappa shape index (κ2) is 9.14. The van der Waals surface area contributed by atoms with Crippen LogP contribution in [0.25, 0.3) is 0 Å². The van der Waals surface area contributed by atoms with Crippen molar-refractivity contribution in [2.24, 2.45) is 17.8 Å². The van der Waals surface area contributed by atoms with Crippen LogP contribution in [0.15, 0.2) is 30.3 Å². The van der Waals surface area contributed by atoms with E-state index in [1.165, 1.54) is 0 Å². The molecule has 0 heterocycles. The predicted molar refractivity (Wildman–Crippen MR) is 97.2 cm³/mol. The quantitative estimate of drug-likeness (QED) is 0.758. The Labute approximate surface area is 150 Å². The van der Waals surface area contributed by atoms with Crippen molar-refractivity contribution in [2.45, 2.75) is 65.1 Å². The first-order chi connectivity index (χ1) is 11.9. The summed E-state index contributed by atoms with van der Waals surface area (Å²) in [5.74, 6) is -1.13. The smallest absolute Gasteiger partial charge is 0.338 e. The van der Waals surface area contributed by atoms with Gasteiger partial charge >= 0.3 is 5.97 Å². The molecule has 3 atom stereocenters. The van der Waals surface area contributed by atoms with Crippen molar-refractivity contribution in [3.63, 3.8) is 0 Å². The van der Waals surface area contributed by atoms with Crippen LogP contribution in [0.2, 0.25) is 0 Å². The minimum atomic E-state index is -0.767. The monoisotopic (exact) mass is 346 g/mol. The van der Waals surface area contributed by atoms with Crippen LogP contribution in [-0.4, -0.2) is 29.1 Å². The van der Waals surface area contributed by atoms with Crippen molar-refractivity contribution in [1.82, 2.24) is 0 Å². The van der Waals surface area contributed by atoms with Gasteiger partial charge in [0.25, 0.3) is 0 Å². The molecule has 1 fully saturated rings. The molecule has 0 aromatic heterocycles. The Hall–Kier alpha value is -1.68. The fourth-order valence-electron chi connectivity index (χ4n) is 3.59. The average Bonchev–Trinajstić information content (AvgIpc) is 2.65. The average molecular weight is 346 g/mol. The number of ether oxygens (including phenoxy) is 1. The van der Waals surface area contributed by atoms with Gasteiger partial charge in [0, 0.05) is 11.8 Å². The van der Waals surface area contributed by atoms with E-state index in [4.69, 9.17) is 4.74 Å². The van der Waals surface area contributed by atoms with Crippen molar-refractivity contribution in [3.8, 4) is 0 Å². The number of ketones is 1. The van der Waals surface area contributed by atoms with Gasteiger partial charge in [-0.15, -0.1) is 0 Å². The van der Waals surface area contributed by atoms with Crippen molar-refractivity contribution >= 4 is 11.8 Å². The molecule has 4 nitrogen and oxygen atoms in total. The number of hydrogen-bond acceptors (Lipinski definition) is 4. The Morgan fingerprint density at radius 3 is 2.20 bits per heavy atom. The number of benzene rings is 1. The van der Waals surface area contributed by atoms with Gasteiger partial charge in [-0.1, -0.05) is 58.2 Å². The summed E-state index contributed by atoms with van der Waals surface area (Å²) >= 11 is 0. The summed E-state index contributed by atoms with van der Waals surface area (Å²) in [6.07, 6.45) is 3.56. The molecule has 0 radical (unpaired) electrons. The fraction of sp³-hybridized carbons (Fsp3) is 0.619. The molecule has 0 spiro atoms. The van der Waals surface area contributed by atoms with Gasteiger partial charge in [-0.25, -0.2) is 4.79 Å². The van der Waals surface area contributed by atoms with E-state index in [0.717, 1.165) is 32.1 Å². The zero-order chi connectivity index (χ0) is 18.4. The second-order valence-corrected chi connectivity index (χ2v) is 7.52. The topological polar surface area (TPSA) is 63.6 Å².